The van der Waals surface area contributed by atoms with Gasteiger partial charge in [-0.2, -0.15) is 0 Å². The molecule has 30 heavy (non-hydrogen) atoms. The lowest BCUT2D eigenvalue weighted by Crippen LogP contribution is -2.50. The molecular formula is C26H40O3Si. The first-order chi connectivity index (χ1) is 14.1. The molecule has 0 saturated heterocycles. The van der Waals surface area contributed by atoms with Gasteiger partial charge in [-0.1, -0.05) is 53.7 Å². The second kappa shape index (κ2) is 10.5. The fourth-order valence-electron chi connectivity index (χ4n) is 4.88. The molecule has 3 nitrogen and oxygen atoms in total. The van der Waals surface area contributed by atoms with Crippen LogP contribution in [0.5, 0.6) is 11.5 Å². The second-order valence-electron chi connectivity index (χ2n) is 9.33. The molecule has 0 aliphatic heterocycles. The van der Waals surface area contributed by atoms with Gasteiger partial charge in [0.2, 0.25) is 0 Å². The summed E-state index contributed by atoms with van der Waals surface area (Å²) >= 11 is 0. The highest BCUT2D eigenvalue weighted by molar-refractivity contribution is 6.78. The molecule has 0 amide bonds. The number of benzene rings is 2. The van der Waals surface area contributed by atoms with Crippen molar-refractivity contribution in [3.8, 4) is 11.5 Å². The summed E-state index contributed by atoms with van der Waals surface area (Å²) in [7, 11) is -0.319. The maximum absolute atomic E-state index is 6.92. The smallest absolute Gasteiger partial charge is 0.258 e. The maximum atomic E-state index is 6.92. The lowest BCUT2D eigenvalue weighted by molar-refractivity contribution is 0.0511. The van der Waals surface area contributed by atoms with Crippen LogP contribution in [0.25, 0.3) is 0 Å². The third kappa shape index (κ3) is 5.47. The Kier molecular flexibility index (Phi) is 8.57. The number of methoxy groups -OCH3 is 1. The largest absolute Gasteiger partial charge is 0.543 e. The third-order valence-corrected chi connectivity index (χ3v) is 12.3. The van der Waals surface area contributed by atoms with Crippen molar-refractivity contribution in [1.29, 1.82) is 0 Å². The molecule has 2 aromatic rings. The van der Waals surface area contributed by atoms with Crippen LogP contribution >= 0.6 is 0 Å². The molecule has 0 aliphatic rings. The van der Waals surface area contributed by atoms with Crippen LogP contribution < -0.4 is 9.16 Å². The van der Waals surface area contributed by atoms with Crippen molar-refractivity contribution >= 4 is 8.32 Å². The number of ether oxygens (including phenoxy) is 2. The zero-order valence-corrected chi connectivity index (χ0v) is 21.3. The highest BCUT2D eigenvalue weighted by Gasteiger charge is 2.47. The van der Waals surface area contributed by atoms with Crippen LogP contribution in [-0.2, 0) is 11.2 Å². The van der Waals surface area contributed by atoms with E-state index in [-0.39, 0.29) is 6.79 Å². The second-order valence-corrected chi connectivity index (χ2v) is 14.7. The van der Waals surface area contributed by atoms with Crippen molar-refractivity contribution in [2.75, 3.05) is 13.9 Å². The average Bonchev–Trinajstić information content (AvgIpc) is 2.67. The Morgan fingerprint density at radius 2 is 1.27 bits per heavy atom. The Morgan fingerprint density at radius 1 is 0.767 bits per heavy atom. The number of hydrogen-bond acceptors (Lipinski definition) is 3. The molecule has 166 valence electrons. The fourth-order valence-corrected chi connectivity index (χ4v) is 10.1. The SMILES string of the molecule is COCOc1ccc(Cc2c(C)cc(O[Si](C(C)C)(C(C)C)C(C)C)cc2C)cc1. The summed E-state index contributed by atoms with van der Waals surface area (Å²) in [6.07, 6.45) is 0.906. The molecule has 4 heteroatoms. The van der Waals surface area contributed by atoms with Crippen molar-refractivity contribution in [3.05, 3.63) is 58.7 Å². The summed E-state index contributed by atoms with van der Waals surface area (Å²) in [5.41, 5.74) is 6.94. The van der Waals surface area contributed by atoms with Gasteiger partial charge in [0.25, 0.3) is 8.32 Å². The Hall–Kier alpha value is -1.78. The van der Waals surface area contributed by atoms with Gasteiger partial charge < -0.3 is 13.9 Å². The molecule has 2 aromatic carbocycles. The molecule has 2 rings (SSSR count). The van der Waals surface area contributed by atoms with Gasteiger partial charge in [0.15, 0.2) is 6.79 Å². The van der Waals surface area contributed by atoms with Crippen LogP contribution in [0, 0.1) is 13.8 Å². The summed E-state index contributed by atoms with van der Waals surface area (Å²) in [6.45, 7) is 18.7. The minimum Gasteiger partial charge on any atom is -0.543 e. The van der Waals surface area contributed by atoms with Crippen molar-refractivity contribution in [3.63, 3.8) is 0 Å². The zero-order chi connectivity index (χ0) is 22.5. The van der Waals surface area contributed by atoms with Crippen molar-refractivity contribution in [1.82, 2.24) is 0 Å². The predicted molar refractivity (Wildman–Crippen MR) is 129 cm³/mol. The molecule has 0 bridgehead atoms. The molecule has 0 aliphatic carbocycles. The standard InChI is InChI=1S/C26H40O3Si/c1-18(2)30(19(3)4,20(5)6)29-25-14-21(7)26(22(8)15-25)16-23-10-12-24(13-11-23)28-17-27-9/h10-15,18-20H,16-17H2,1-9H3. The summed E-state index contributed by atoms with van der Waals surface area (Å²) in [5.74, 6) is 1.87. The molecule has 0 atom stereocenters. The maximum Gasteiger partial charge on any atom is 0.258 e. The lowest BCUT2D eigenvalue weighted by Gasteiger charge is -2.42. The monoisotopic (exact) mass is 428 g/mol. The average molecular weight is 429 g/mol. The molecule has 0 fully saturated rings. The Labute approximate surface area is 184 Å². The summed E-state index contributed by atoms with van der Waals surface area (Å²) in [5, 5.41) is 0. The van der Waals surface area contributed by atoms with E-state index >= 15 is 0 Å². The van der Waals surface area contributed by atoms with Gasteiger partial charge >= 0.3 is 0 Å². The van der Waals surface area contributed by atoms with Crippen LogP contribution in [-0.4, -0.2) is 22.2 Å². The van der Waals surface area contributed by atoms with E-state index in [2.05, 4.69) is 79.7 Å². The van der Waals surface area contributed by atoms with E-state index < -0.39 is 8.32 Å². The van der Waals surface area contributed by atoms with Gasteiger partial charge in [0.05, 0.1) is 0 Å². The predicted octanol–water partition coefficient (Wildman–Crippen LogP) is 7.43. The number of rotatable bonds is 10. The van der Waals surface area contributed by atoms with E-state index in [1.807, 2.05) is 12.1 Å². The van der Waals surface area contributed by atoms with Crippen molar-refractivity contribution in [2.45, 2.75) is 78.4 Å². The highest BCUT2D eigenvalue weighted by Crippen LogP contribution is 2.43. The van der Waals surface area contributed by atoms with Gasteiger partial charge in [-0.3, -0.25) is 0 Å². The first kappa shape index (κ1) is 24.5. The quantitative estimate of drug-likeness (QED) is 0.291. The van der Waals surface area contributed by atoms with Crippen LogP contribution in [0.2, 0.25) is 16.6 Å². The van der Waals surface area contributed by atoms with E-state index in [9.17, 15) is 0 Å². The molecule has 0 unspecified atom stereocenters. The zero-order valence-electron chi connectivity index (χ0n) is 20.3. The van der Waals surface area contributed by atoms with Gasteiger partial charge in [-0.25, -0.2) is 0 Å². The molecule has 0 spiro atoms. The minimum absolute atomic E-state index is 0.271. The summed E-state index contributed by atoms with van der Waals surface area (Å²) in [4.78, 5) is 0. The summed E-state index contributed by atoms with van der Waals surface area (Å²) in [6, 6.07) is 12.8. The Bertz CT molecular complexity index is 765. The first-order valence-electron chi connectivity index (χ1n) is 11.1. The van der Waals surface area contributed by atoms with E-state index in [0.717, 1.165) is 17.9 Å². The van der Waals surface area contributed by atoms with Gasteiger partial charge in [-0.15, -0.1) is 0 Å². The molecule has 0 heterocycles. The van der Waals surface area contributed by atoms with Crippen LogP contribution in [0.3, 0.4) is 0 Å². The molecule has 0 radical (unpaired) electrons. The van der Waals surface area contributed by atoms with Crippen molar-refractivity contribution < 1.29 is 13.9 Å². The minimum atomic E-state index is -1.95. The number of aryl methyl sites for hydroxylation is 2. The molecule has 0 saturated carbocycles. The summed E-state index contributed by atoms with van der Waals surface area (Å²) < 4.78 is 17.4. The molecule has 0 aromatic heterocycles. The molecule has 0 N–H and O–H groups in total. The van der Waals surface area contributed by atoms with Crippen LogP contribution in [0.15, 0.2) is 36.4 Å². The lowest BCUT2D eigenvalue weighted by atomic mass is 9.96. The Balaban J connectivity index is 2.26. The fraction of sp³-hybridized carbons (Fsp3) is 0.538. The first-order valence-corrected chi connectivity index (χ1v) is 13.3. The molecular weight excluding hydrogens is 388 g/mol. The third-order valence-electron chi connectivity index (χ3n) is 6.32. The van der Waals surface area contributed by atoms with E-state index in [1.165, 1.54) is 22.3 Å². The van der Waals surface area contributed by atoms with Gasteiger partial charge in [0, 0.05) is 7.11 Å². The van der Waals surface area contributed by atoms with Gasteiger partial charge in [-0.05, 0) is 83.4 Å². The highest BCUT2D eigenvalue weighted by atomic mass is 28.4. The normalized spacial score (nSPS) is 12.1. The van der Waals surface area contributed by atoms with E-state index in [1.54, 1.807) is 7.11 Å². The van der Waals surface area contributed by atoms with E-state index in [4.69, 9.17) is 13.9 Å². The topological polar surface area (TPSA) is 27.7 Å². The van der Waals surface area contributed by atoms with E-state index in [0.29, 0.717) is 16.6 Å². The van der Waals surface area contributed by atoms with Gasteiger partial charge in [0.1, 0.15) is 11.5 Å². The van der Waals surface area contributed by atoms with Crippen LogP contribution in [0.1, 0.15) is 63.8 Å². The Morgan fingerprint density at radius 3 is 1.70 bits per heavy atom. The number of hydrogen-bond donors (Lipinski definition) is 0. The van der Waals surface area contributed by atoms with Crippen molar-refractivity contribution in [2.24, 2.45) is 0 Å². The van der Waals surface area contributed by atoms with Crippen LogP contribution in [0.4, 0.5) is 0 Å².